The molecule has 1 aromatic carbocycles. The van der Waals surface area contributed by atoms with Crippen LogP contribution in [0.3, 0.4) is 0 Å². The van der Waals surface area contributed by atoms with E-state index in [0.717, 1.165) is 30.4 Å². The number of nitrogens with one attached hydrogen (secondary N) is 1. The Hall–Kier alpha value is -2.45. The van der Waals surface area contributed by atoms with Gasteiger partial charge in [-0.1, -0.05) is 22.9 Å². The van der Waals surface area contributed by atoms with Crippen molar-refractivity contribution in [3.63, 3.8) is 0 Å². The summed E-state index contributed by atoms with van der Waals surface area (Å²) in [4.78, 5) is 20.0. The fraction of sp³-hybridized carbons (Fsp3) is 0.350. The molecular weight excluding hydrogens is 415 g/mol. The largest absolute Gasteiger partial charge is 0.474 e. The number of hydrogen-bond donors (Lipinski definition) is 2. The van der Waals surface area contributed by atoms with Gasteiger partial charge >= 0.3 is 0 Å². The van der Waals surface area contributed by atoms with Gasteiger partial charge in [0.2, 0.25) is 5.88 Å². The summed E-state index contributed by atoms with van der Waals surface area (Å²) in [6.45, 7) is 0. The molecule has 2 fully saturated rings. The highest BCUT2D eigenvalue weighted by molar-refractivity contribution is 7.22. The third-order valence-corrected chi connectivity index (χ3v) is 6.89. The fourth-order valence-corrected chi connectivity index (χ4v) is 5.70. The highest BCUT2D eigenvalue weighted by Crippen LogP contribution is 2.57. The van der Waals surface area contributed by atoms with Crippen LogP contribution in [0.5, 0.6) is 5.88 Å². The molecule has 9 heteroatoms. The van der Waals surface area contributed by atoms with E-state index >= 15 is 0 Å². The molecule has 3 N–H and O–H groups in total. The number of nitrogens with zero attached hydrogens (tertiary/aromatic N) is 2. The molecule has 2 heterocycles. The lowest BCUT2D eigenvalue weighted by Gasteiger charge is -2.57. The van der Waals surface area contributed by atoms with Gasteiger partial charge in [0, 0.05) is 17.3 Å². The number of anilines is 1. The Balaban J connectivity index is 1.17. The second kappa shape index (κ2) is 6.81. The molecule has 29 heavy (non-hydrogen) atoms. The molecule has 2 saturated carbocycles. The molecule has 3 aromatic rings. The van der Waals surface area contributed by atoms with Gasteiger partial charge in [-0.25, -0.2) is 14.4 Å². The van der Waals surface area contributed by atoms with Crippen molar-refractivity contribution >= 4 is 44.2 Å². The third kappa shape index (κ3) is 3.40. The molecule has 0 aliphatic heterocycles. The summed E-state index contributed by atoms with van der Waals surface area (Å²) < 4.78 is 20.6. The molecule has 0 saturated heterocycles. The lowest BCUT2D eigenvalue weighted by atomic mass is 9.53. The minimum Gasteiger partial charge on any atom is -0.474 e. The van der Waals surface area contributed by atoms with E-state index in [1.54, 1.807) is 24.4 Å². The number of carbonyl (C=O) groups excluding carboxylic acids is 1. The third-order valence-electron chi connectivity index (χ3n) is 5.74. The van der Waals surface area contributed by atoms with E-state index in [4.69, 9.17) is 22.1 Å². The zero-order chi connectivity index (χ0) is 20.2. The van der Waals surface area contributed by atoms with Crippen LogP contribution in [0, 0.1) is 11.2 Å². The quantitative estimate of drug-likeness (QED) is 0.624. The molecular formula is C20H18ClFN4O2S. The molecule has 2 aromatic heterocycles. The van der Waals surface area contributed by atoms with Crippen molar-refractivity contribution in [3.05, 3.63) is 46.9 Å². The van der Waals surface area contributed by atoms with Gasteiger partial charge < -0.3 is 15.8 Å². The van der Waals surface area contributed by atoms with Gasteiger partial charge in [0.05, 0.1) is 4.70 Å². The Bertz CT molecular complexity index is 1110. The molecule has 2 aliphatic carbocycles. The second-order valence-electron chi connectivity index (χ2n) is 7.87. The summed E-state index contributed by atoms with van der Waals surface area (Å²) in [5.74, 6) is -0.627. The van der Waals surface area contributed by atoms with Crippen molar-refractivity contribution in [2.75, 3.05) is 5.32 Å². The van der Waals surface area contributed by atoms with Crippen molar-refractivity contribution < 1.29 is 13.9 Å². The van der Waals surface area contributed by atoms with Crippen LogP contribution in [0.25, 0.3) is 10.2 Å². The maximum atomic E-state index is 14.0. The normalized spacial score (nSPS) is 25.4. The van der Waals surface area contributed by atoms with Crippen molar-refractivity contribution in [1.82, 2.24) is 9.97 Å². The Morgan fingerprint density at radius 1 is 1.34 bits per heavy atom. The number of halogens is 2. The van der Waals surface area contributed by atoms with Crippen LogP contribution in [-0.2, 0) is 0 Å². The number of benzene rings is 1. The van der Waals surface area contributed by atoms with Gasteiger partial charge in [-0.15, -0.1) is 0 Å². The molecule has 0 bridgehead atoms. The fourth-order valence-electron chi connectivity index (χ4n) is 4.43. The molecule has 1 spiro atoms. The molecule has 0 atom stereocenters. The summed E-state index contributed by atoms with van der Waals surface area (Å²) in [6, 6.07) is 6.61. The van der Waals surface area contributed by atoms with E-state index in [2.05, 4.69) is 15.3 Å². The van der Waals surface area contributed by atoms with Crippen LogP contribution in [0.2, 0.25) is 5.02 Å². The Morgan fingerprint density at radius 2 is 2.14 bits per heavy atom. The first-order valence-electron chi connectivity index (χ1n) is 9.34. The minimum absolute atomic E-state index is 0.0441. The standard InChI is InChI=1S/C20H18ClFN4O2S/c21-10-4-14(22)16-15(5-10)29-19(26-16)25-11-6-20(7-11)8-12(9-20)28-18-13(17(23)27)2-1-3-24-18/h1-5,11-12H,6-9H2,(H2,23,27)(H,25,26). The maximum Gasteiger partial charge on any atom is 0.254 e. The first-order valence-corrected chi connectivity index (χ1v) is 10.5. The second-order valence-corrected chi connectivity index (χ2v) is 9.34. The molecule has 0 radical (unpaired) electrons. The van der Waals surface area contributed by atoms with E-state index in [9.17, 15) is 9.18 Å². The number of amides is 1. The zero-order valence-corrected chi connectivity index (χ0v) is 16.9. The molecule has 0 unspecified atom stereocenters. The first-order chi connectivity index (χ1) is 13.9. The van der Waals surface area contributed by atoms with Crippen molar-refractivity contribution in [3.8, 4) is 5.88 Å². The summed E-state index contributed by atoms with van der Waals surface area (Å²) >= 11 is 7.33. The monoisotopic (exact) mass is 432 g/mol. The molecule has 2 aliphatic rings. The lowest BCUT2D eigenvalue weighted by Crippen LogP contribution is -2.56. The van der Waals surface area contributed by atoms with Crippen LogP contribution >= 0.6 is 22.9 Å². The van der Waals surface area contributed by atoms with Crippen LogP contribution in [0.4, 0.5) is 9.52 Å². The Labute approximate surface area is 175 Å². The molecule has 150 valence electrons. The lowest BCUT2D eigenvalue weighted by molar-refractivity contribution is -0.0759. The van der Waals surface area contributed by atoms with Crippen molar-refractivity contribution in [2.24, 2.45) is 11.1 Å². The average molecular weight is 433 g/mol. The summed E-state index contributed by atoms with van der Waals surface area (Å²) in [7, 11) is 0. The van der Waals surface area contributed by atoms with Crippen molar-refractivity contribution in [1.29, 1.82) is 0 Å². The van der Waals surface area contributed by atoms with Gasteiger partial charge in [-0.2, -0.15) is 0 Å². The van der Waals surface area contributed by atoms with Crippen LogP contribution < -0.4 is 15.8 Å². The van der Waals surface area contributed by atoms with Crippen molar-refractivity contribution in [2.45, 2.75) is 37.8 Å². The summed E-state index contributed by atoms with van der Waals surface area (Å²) in [5, 5.41) is 4.50. The van der Waals surface area contributed by atoms with Gasteiger partial charge in [-0.05, 0) is 55.4 Å². The van der Waals surface area contributed by atoms with Gasteiger partial charge in [0.25, 0.3) is 5.91 Å². The Morgan fingerprint density at radius 3 is 2.90 bits per heavy atom. The van der Waals surface area contributed by atoms with E-state index in [0.29, 0.717) is 33.2 Å². The smallest absolute Gasteiger partial charge is 0.254 e. The van der Waals surface area contributed by atoms with Crippen LogP contribution in [0.15, 0.2) is 30.5 Å². The maximum absolute atomic E-state index is 14.0. The molecule has 6 nitrogen and oxygen atoms in total. The number of hydrogen-bond acceptors (Lipinski definition) is 6. The van der Waals surface area contributed by atoms with E-state index in [-0.39, 0.29) is 11.5 Å². The highest BCUT2D eigenvalue weighted by Gasteiger charge is 2.54. The van der Waals surface area contributed by atoms with Gasteiger partial charge in [0.15, 0.2) is 10.9 Å². The zero-order valence-electron chi connectivity index (χ0n) is 15.3. The average Bonchev–Trinajstić information content (AvgIpc) is 3.01. The van der Waals surface area contributed by atoms with Crippen LogP contribution in [0.1, 0.15) is 36.0 Å². The summed E-state index contributed by atoms with van der Waals surface area (Å²) in [5.41, 5.74) is 6.30. The van der Waals surface area contributed by atoms with E-state index < -0.39 is 11.7 Å². The predicted octanol–water partition coefficient (Wildman–Crippen LogP) is 4.38. The SMILES string of the molecule is NC(=O)c1cccnc1OC1CC2(CC(Nc3nc4c(F)cc(Cl)cc4s3)C2)C1. The van der Waals surface area contributed by atoms with Gasteiger partial charge in [-0.3, -0.25) is 4.79 Å². The molecule has 1 amide bonds. The number of nitrogens with two attached hydrogens (primary N) is 1. The summed E-state index contributed by atoms with van der Waals surface area (Å²) in [6.07, 6.45) is 5.50. The number of pyridine rings is 1. The van der Waals surface area contributed by atoms with Gasteiger partial charge in [0.1, 0.15) is 17.2 Å². The first kappa shape index (κ1) is 18.6. The number of ether oxygens (including phenoxy) is 1. The number of aromatic nitrogens is 2. The van der Waals surface area contributed by atoms with E-state index in [1.807, 2.05) is 0 Å². The number of rotatable bonds is 5. The Kier molecular flexibility index (Phi) is 4.36. The minimum atomic E-state index is -0.538. The topological polar surface area (TPSA) is 90.1 Å². The van der Waals surface area contributed by atoms with E-state index in [1.165, 1.54) is 17.4 Å². The predicted molar refractivity (Wildman–Crippen MR) is 110 cm³/mol. The number of carbonyl (C=O) groups is 1. The van der Waals surface area contributed by atoms with Crippen LogP contribution in [-0.4, -0.2) is 28.0 Å². The number of thiazole rings is 1. The number of fused-ring (bicyclic) bond motifs is 1. The molecule has 5 rings (SSSR count). The highest BCUT2D eigenvalue weighted by atomic mass is 35.5. The number of primary amides is 1.